The van der Waals surface area contributed by atoms with Gasteiger partial charge in [0.15, 0.2) is 0 Å². The molecule has 3 amide bonds. The van der Waals surface area contributed by atoms with E-state index in [4.69, 9.17) is 4.74 Å². The molecule has 2 fully saturated rings. The van der Waals surface area contributed by atoms with Crippen molar-refractivity contribution in [2.24, 2.45) is 5.92 Å². The lowest BCUT2D eigenvalue weighted by molar-refractivity contribution is -0.134. The minimum atomic E-state index is -0.685. The van der Waals surface area contributed by atoms with Crippen LogP contribution >= 0.6 is 0 Å². The molecule has 1 saturated heterocycles. The zero-order valence-corrected chi connectivity index (χ0v) is 14.7. The highest BCUT2D eigenvalue weighted by Crippen LogP contribution is 2.38. The fourth-order valence-electron chi connectivity index (χ4n) is 3.97. The summed E-state index contributed by atoms with van der Waals surface area (Å²) in [6.07, 6.45) is 3.84. The van der Waals surface area contributed by atoms with Gasteiger partial charge in [0.05, 0.1) is 6.54 Å². The van der Waals surface area contributed by atoms with E-state index in [1.807, 2.05) is 26.0 Å². The van der Waals surface area contributed by atoms with Gasteiger partial charge in [0.1, 0.15) is 17.9 Å². The van der Waals surface area contributed by atoms with Gasteiger partial charge in [-0.2, -0.15) is 0 Å². The van der Waals surface area contributed by atoms with Crippen molar-refractivity contribution < 1.29 is 14.3 Å². The molecule has 1 spiro atoms. The second kappa shape index (κ2) is 6.46. The number of ether oxygens (including phenoxy) is 1. The van der Waals surface area contributed by atoms with Crippen LogP contribution in [0, 0.1) is 19.8 Å². The van der Waals surface area contributed by atoms with Crippen LogP contribution in [0.25, 0.3) is 0 Å². The summed E-state index contributed by atoms with van der Waals surface area (Å²) in [4.78, 5) is 26.5. The lowest BCUT2D eigenvalue weighted by Crippen LogP contribution is -2.54. The van der Waals surface area contributed by atoms with E-state index in [2.05, 4.69) is 18.3 Å². The molecule has 1 heterocycles. The predicted octanol–water partition coefficient (Wildman–Crippen LogP) is 3.18. The first-order valence-corrected chi connectivity index (χ1v) is 8.77. The Morgan fingerprint density at radius 2 is 1.92 bits per heavy atom. The van der Waals surface area contributed by atoms with Crippen molar-refractivity contribution in [1.29, 1.82) is 0 Å². The molecule has 1 aliphatic heterocycles. The number of nitrogens with one attached hydrogen (secondary N) is 1. The molecular formula is C19H26N2O3. The Balaban J connectivity index is 1.63. The van der Waals surface area contributed by atoms with Crippen LogP contribution in [0.1, 0.15) is 43.7 Å². The standard InChI is InChI=1S/C19H26N2O3/c1-13-10-14(2)12-16(11-13)24-9-8-21-17(22)19(20-18(21)23)7-5-4-6-15(19)3/h10-12,15H,4-9H2,1-3H3,(H,20,23)/t15-,19+/m1/s1. The minimum absolute atomic E-state index is 0.0799. The van der Waals surface area contributed by atoms with Crippen LogP contribution in [-0.2, 0) is 4.79 Å². The normalized spacial score (nSPS) is 26.8. The van der Waals surface area contributed by atoms with E-state index in [0.717, 1.165) is 42.6 Å². The zero-order chi connectivity index (χ0) is 17.3. The third-order valence-electron chi connectivity index (χ3n) is 5.28. The van der Waals surface area contributed by atoms with Gasteiger partial charge >= 0.3 is 6.03 Å². The van der Waals surface area contributed by atoms with E-state index >= 15 is 0 Å². The van der Waals surface area contributed by atoms with E-state index in [-0.39, 0.29) is 24.4 Å². The van der Waals surface area contributed by atoms with Gasteiger partial charge in [-0.15, -0.1) is 0 Å². The first kappa shape index (κ1) is 16.8. The van der Waals surface area contributed by atoms with Gasteiger partial charge in [0, 0.05) is 0 Å². The molecule has 1 aliphatic carbocycles. The minimum Gasteiger partial charge on any atom is -0.492 e. The maximum atomic E-state index is 12.8. The summed E-state index contributed by atoms with van der Waals surface area (Å²) in [7, 11) is 0. The second-order valence-electron chi connectivity index (χ2n) is 7.18. The molecule has 3 rings (SSSR count). The molecule has 5 heteroatoms. The quantitative estimate of drug-likeness (QED) is 0.863. The SMILES string of the molecule is Cc1cc(C)cc(OCCN2C(=O)N[C@]3(CCCC[C@H]3C)C2=O)c1. The van der Waals surface area contributed by atoms with Crippen LogP contribution in [0.4, 0.5) is 4.79 Å². The summed E-state index contributed by atoms with van der Waals surface area (Å²) in [5.41, 5.74) is 1.58. The van der Waals surface area contributed by atoms with E-state index in [1.165, 1.54) is 4.90 Å². The van der Waals surface area contributed by atoms with E-state index in [9.17, 15) is 9.59 Å². The highest BCUT2D eigenvalue weighted by molar-refractivity contribution is 6.07. The van der Waals surface area contributed by atoms with Crippen LogP contribution in [-0.4, -0.2) is 35.5 Å². The third kappa shape index (κ3) is 2.99. The molecule has 24 heavy (non-hydrogen) atoms. The predicted molar refractivity (Wildman–Crippen MR) is 92.0 cm³/mol. The topological polar surface area (TPSA) is 58.6 Å². The molecule has 0 radical (unpaired) electrons. The number of hydrogen-bond acceptors (Lipinski definition) is 3. The Labute approximate surface area is 143 Å². The number of nitrogens with zero attached hydrogens (tertiary/aromatic N) is 1. The Morgan fingerprint density at radius 1 is 1.21 bits per heavy atom. The van der Waals surface area contributed by atoms with Crippen molar-refractivity contribution >= 4 is 11.9 Å². The number of carbonyl (C=O) groups is 2. The van der Waals surface area contributed by atoms with Crippen molar-refractivity contribution in [2.75, 3.05) is 13.2 Å². The number of carbonyl (C=O) groups excluding carboxylic acids is 2. The number of urea groups is 1. The monoisotopic (exact) mass is 330 g/mol. The molecule has 1 aromatic rings. The Hall–Kier alpha value is -2.04. The van der Waals surface area contributed by atoms with Crippen molar-refractivity contribution in [3.8, 4) is 5.75 Å². The Morgan fingerprint density at radius 3 is 2.58 bits per heavy atom. The van der Waals surface area contributed by atoms with E-state index in [0.29, 0.717) is 6.61 Å². The van der Waals surface area contributed by atoms with Crippen LogP contribution in [0.5, 0.6) is 5.75 Å². The van der Waals surface area contributed by atoms with E-state index in [1.54, 1.807) is 0 Å². The van der Waals surface area contributed by atoms with Crippen molar-refractivity contribution in [3.05, 3.63) is 29.3 Å². The van der Waals surface area contributed by atoms with Crippen LogP contribution in [0.3, 0.4) is 0 Å². The number of rotatable bonds is 4. The summed E-state index contributed by atoms with van der Waals surface area (Å²) in [5.74, 6) is 0.886. The fourth-order valence-corrected chi connectivity index (χ4v) is 3.97. The van der Waals surface area contributed by atoms with Gasteiger partial charge in [0.2, 0.25) is 0 Å². The van der Waals surface area contributed by atoms with Crippen LogP contribution in [0.2, 0.25) is 0 Å². The zero-order valence-electron chi connectivity index (χ0n) is 14.7. The molecule has 0 aromatic heterocycles. The summed E-state index contributed by atoms with van der Waals surface area (Å²) in [6, 6.07) is 5.73. The number of aryl methyl sites for hydroxylation is 2. The summed E-state index contributed by atoms with van der Waals surface area (Å²) in [6.45, 7) is 6.70. The smallest absolute Gasteiger partial charge is 0.325 e. The maximum Gasteiger partial charge on any atom is 0.325 e. The first-order chi connectivity index (χ1) is 11.4. The number of benzene rings is 1. The van der Waals surface area contributed by atoms with Crippen molar-refractivity contribution in [3.63, 3.8) is 0 Å². The highest BCUT2D eigenvalue weighted by Gasteiger charge is 2.54. The Kier molecular flexibility index (Phi) is 4.52. The summed E-state index contributed by atoms with van der Waals surface area (Å²) in [5, 5.41) is 2.97. The molecule has 0 unspecified atom stereocenters. The summed E-state index contributed by atoms with van der Waals surface area (Å²) >= 11 is 0. The fraction of sp³-hybridized carbons (Fsp3) is 0.579. The largest absolute Gasteiger partial charge is 0.492 e. The average Bonchev–Trinajstić information content (AvgIpc) is 2.74. The molecule has 2 atom stereocenters. The lowest BCUT2D eigenvalue weighted by atomic mass is 9.73. The maximum absolute atomic E-state index is 12.8. The molecule has 1 N–H and O–H groups in total. The number of amides is 3. The van der Waals surface area contributed by atoms with Gasteiger partial charge in [-0.05, 0) is 55.9 Å². The lowest BCUT2D eigenvalue weighted by Gasteiger charge is -2.36. The highest BCUT2D eigenvalue weighted by atomic mass is 16.5. The Bertz CT molecular complexity index is 638. The molecule has 0 bridgehead atoms. The first-order valence-electron chi connectivity index (χ1n) is 8.77. The van der Waals surface area contributed by atoms with Crippen molar-refractivity contribution in [2.45, 2.75) is 52.0 Å². The van der Waals surface area contributed by atoms with Crippen LogP contribution < -0.4 is 10.1 Å². The third-order valence-corrected chi connectivity index (χ3v) is 5.28. The molecule has 1 saturated carbocycles. The molecular weight excluding hydrogens is 304 g/mol. The molecule has 2 aliphatic rings. The second-order valence-corrected chi connectivity index (χ2v) is 7.18. The number of hydrogen-bond donors (Lipinski definition) is 1. The van der Waals surface area contributed by atoms with Gasteiger partial charge in [0.25, 0.3) is 5.91 Å². The number of imide groups is 1. The molecule has 1 aromatic carbocycles. The average molecular weight is 330 g/mol. The molecule has 130 valence electrons. The van der Waals surface area contributed by atoms with Gasteiger partial charge in [-0.25, -0.2) is 4.79 Å². The van der Waals surface area contributed by atoms with Gasteiger partial charge in [-0.3, -0.25) is 9.69 Å². The van der Waals surface area contributed by atoms with Crippen LogP contribution in [0.15, 0.2) is 18.2 Å². The van der Waals surface area contributed by atoms with Crippen molar-refractivity contribution in [1.82, 2.24) is 10.2 Å². The van der Waals surface area contributed by atoms with Gasteiger partial charge < -0.3 is 10.1 Å². The van der Waals surface area contributed by atoms with Gasteiger partial charge in [-0.1, -0.05) is 25.8 Å². The van der Waals surface area contributed by atoms with E-state index < -0.39 is 5.54 Å². The summed E-state index contributed by atoms with van der Waals surface area (Å²) < 4.78 is 5.75. The molecule has 5 nitrogen and oxygen atoms in total.